The Morgan fingerprint density at radius 1 is 1.11 bits per heavy atom. The number of hydrogen-bond donors (Lipinski definition) is 4. The highest BCUT2D eigenvalue weighted by atomic mass is 32.2. The quantitative estimate of drug-likeness (QED) is 0.476. The van der Waals surface area contributed by atoms with Crippen LogP contribution < -0.4 is 9.86 Å². The normalized spacial score (nSPS) is 12.8. The van der Waals surface area contributed by atoms with E-state index in [2.05, 4.69) is 0 Å². The van der Waals surface area contributed by atoms with Crippen LogP contribution >= 0.6 is 0 Å². The van der Waals surface area contributed by atoms with Gasteiger partial charge in [-0.3, -0.25) is 0 Å². The van der Waals surface area contributed by atoms with Crippen LogP contribution in [0.5, 0.6) is 0 Å². The molecule has 0 saturated carbocycles. The van der Waals surface area contributed by atoms with E-state index in [-0.39, 0.29) is 9.79 Å². The molecule has 108 valence electrons. The number of primary sulfonamides is 1. The molecule has 5 N–H and O–H groups in total. The van der Waals surface area contributed by atoms with Crippen molar-refractivity contribution in [2.45, 2.75) is 15.8 Å². The molecule has 1 aromatic carbocycles. The Hall–Kier alpha value is -1.04. The monoisotopic (exact) mass is 310 g/mol. The Morgan fingerprint density at radius 3 is 2.11 bits per heavy atom. The molecule has 0 bridgehead atoms. The van der Waals surface area contributed by atoms with E-state index >= 15 is 0 Å². The molecule has 0 heterocycles. The molecule has 19 heavy (non-hydrogen) atoms. The van der Waals surface area contributed by atoms with Gasteiger partial charge in [0.2, 0.25) is 20.0 Å². The van der Waals surface area contributed by atoms with Crippen LogP contribution in [-0.4, -0.2) is 46.3 Å². The molecule has 1 aromatic rings. The minimum absolute atomic E-state index is 0.328. The van der Waals surface area contributed by atoms with Gasteiger partial charge in [0, 0.05) is 0 Å². The van der Waals surface area contributed by atoms with Gasteiger partial charge in [-0.15, -0.1) is 0 Å². The molecule has 0 atom stereocenters. The summed E-state index contributed by atoms with van der Waals surface area (Å²) in [5.41, 5.74) is 0. The summed E-state index contributed by atoms with van der Waals surface area (Å²) in [6.07, 6.45) is 0. The zero-order valence-corrected chi connectivity index (χ0v) is 11.4. The molecule has 0 unspecified atom stereocenters. The number of aliphatic hydroxyl groups is 2. The summed E-state index contributed by atoms with van der Waals surface area (Å²) in [6.45, 7) is -1.19. The topological polar surface area (TPSA) is 147 Å². The molecule has 0 aliphatic carbocycles. The zero-order valence-electron chi connectivity index (χ0n) is 9.72. The second-order valence-corrected chi connectivity index (χ2v) is 6.98. The Balaban J connectivity index is 3.16. The number of aliphatic hydroxyl groups excluding tert-OH is 2. The first-order valence-electron chi connectivity index (χ1n) is 5.07. The summed E-state index contributed by atoms with van der Waals surface area (Å²) < 4.78 is 48.0. The largest absolute Gasteiger partial charge is 0.395 e. The lowest BCUT2D eigenvalue weighted by Gasteiger charge is -2.14. The van der Waals surface area contributed by atoms with Crippen molar-refractivity contribution in [1.82, 2.24) is 4.72 Å². The first kappa shape index (κ1) is 16.0. The van der Waals surface area contributed by atoms with E-state index in [0.717, 1.165) is 12.1 Å². The number of nitrogens with one attached hydrogen (secondary N) is 1. The standard InChI is InChI=1S/C9H14N2O6S2/c10-18(14,15)8-2-1-3-9(4-8)19(16,17)11-7(5-12)6-13/h1-4,7,11-13H,5-6H2,(H2,10,14,15). The van der Waals surface area contributed by atoms with Gasteiger partial charge in [0.1, 0.15) is 0 Å². The lowest BCUT2D eigenvalue weighted by molar-refractivity contribution is 0.185. The minimum Gasteiger partial charge on any atom is -0.395 e. The highest BCUT2D eigenvalue weighted by molar-refractivity contribution is 7.90. The average Bonchev–Trinajstić information content (AvgIpc) is 2.35. The van der Waals surface area contributed by atoms with Crippen LogP contribution in [0.15, 0.2) is 34.1 Å². The van der Waals surface area contributed by atoms with Crippen molar-refractivity contribution < 1.29 is 27.0 Å². The van der Waals surface area contributed by atoms with Crippen LogP contribution in [0.3, 0.4) is 0 Å². The van der Waals surface area contributed by atoms with Gasteiger partial charge in [-0.2, -0.15) is 0 Å². The van der Waals surface area contributed by atoms with Gasteiger partial charge in [0.25, 0.3) is 0 Å². The molecule has 0 aliphatic heterocycles. The maximum atomic E-state index is 11.9. The molecular formula is C9H14N2O6S2. The maximum Gasteiger partial charge on any atom is 0.241 e. The van der Waals surface area contributed by atoms with Gasteiger partial charge < -0.3 is 10.2 Å². The Bertz CT molecular complexity index is 636. The number of sulfonamides is 2. The Morgan fingerprint density at radius 2 is 1.63 bits per heavy atom. The summed E-state index contributed by atoms with van der Waals surface area (Å²) in [7, 11) is -8.07. The van der Waals surface area contributed by atoms with Crippen LogP contribution in [0.2, 0.25) is 0 Å². The molecule has 0 fully saturated rings. The predicted octanol–water partition coefficient (Wildman–Crippen LogP) is -2.03. The smallest absolute Gasteiger partial charge is 0.241 e. The molecule has 1 rings (SSSR count). The van der Waals surface area contributed by atoms with E-state index in [1.54, 1.807) is 0 Å². The van der Waals surface area contributed by atoms with Crippen molar-refractivity contribution in [2.24, 2.45) is 5.14 Å². The minimum atomic E-state index is -4.06. The van der Waals surface area contributed by atoms with Crippen LogP contribution in [0.1, 0.15) is 0 Å². The van der Waals surface area contributed by atoms with Crippen molar-refractivity contribution >= 4 is 20.0 Å². The van der Waals surface area contributed by atoms with Gasteiger partial charge in [-0.1, -0.05) is 6.07 Å². The van der Waals surface area contributed by atoms with Crippen molar-refractivity contribution in [3.63, 3.8) is 0 Å². The number of hydrogen-bond acceptors (Lipinski definition) is 6. The van der Waals surface area contributed by atoms with Gasteiger partial charge in [0.15, 0.2) is 0 Å². The van der Waals surface area contributed by atoms with E-state index in [1.807, 2.05) is 4.72 Å². The predicted molar refractivity (Wildman–Crippen MR) is 66.1 cm³/mol. The van der Waals surface area contributed by atoms with E-state index in [0.29, 0.717) is 0 Å². The second-order valence-electron chi connectivity index (χ2n) is 3.70. The highest BCUT2D eigenvalue weighted by Crippen LogP contribution is 2.14. The fourth-order valence-electron chi connectivity index (χ4n) is 1.24. The summed E-state index contributed by atoms with van der Waals surface area (Å²) >= 11 is 0. The second kappa shape index (κ2) is 5.94. The molecule has 0 amide bonds. The molecule has 0 aromatic heterocycles. The fourth-order valence-corrected chi connectivity index (χ4v) is 3.14. The maximum absolute atomic E-state index is 11.9. The molecule has 0 radical (unpaired) electrons. The third kappa shape index (κ3) is 4.23. The lowest BCUT2D eigenvalue weighted by atomic mass is 10.4. The van der Waals surface area contributed by atoms with Crippen molar-refractivity contribution in [2.75, 3.05) is 13.2 Å². The number of nitrogens with two attached hydrogens (primary N) is 1. The zero-order chi connectivity index (χ0) is 14.7. The van der Waals surface area contributed by atoms with Gasteiger partial charge in [-0.25, -0.2) is 26.7 Å². The lowest BCUT2D eigenvalue weighted by Crippen LogP contribution is -2.40. The third-order valence-electron chi connectivity index (χ3n) is 2.21. The van der Waals surface area contributed by atoms with Gasteiger partial charge in [0.05, 0.1) is 29.0 Å². The SMILES string of the molecule is NS(=O)(=O)c1cccc(S(=O)(=O)NC(CO)CO)c1. The third-order valence-corrected chi connectivity index (χ3v) is 4.64. The molecule has 0 saturated heterocycles. The molecule has 0 aliphatic rings. The van der Waals surface area contributed by atoms with E-state index in [9.17, 15) is 16.8 Å². The summed E-state index contributed by atoms with van der Waals surface area (Å²) in [4.78, 5) is -0.675. The van der Waals surface area contributed by atoms with Crippen molar-refractivity contribution in [3.8, 4) is 0 Å². The van der Waals surface area contributed by atoms with Gasteiger partial charge in [-0.05, 0) is 18.2 Å². The highest BCUT2D eigenvalue weighted by Gasteiger charge is 2.20. The number of benzene rings is 1. The van der Waals surface area contributed by atoms with Crippen LogP contribution in [0.25, 0.3) is 0 Å². The first-order valence-corrected chi connectivity index (χ1v) is 8.10. The number of rotatable bonds is 6. The Labute approximate surface area is 111 Å². The van der Waals surface area contributed by atoms with E-state index < -0.39 is 39.3 Å². The van der Waals surface area contributed by atoms with Crippen LogP contribution in [-0.2, 0) is 20.0 Å². The first-order chi connectivity index (χ1) is 8.70. The Kier molecular flexibility index (Phi) is 5.01. The fraction of sp³-hybridized carbons (Fsp3) is 0.333. The van der Waals surface area contributed by atoms with Crippen LogP contribution in [0.4, 0.5) is 0 Å². The molecule has 8 nitrogen and oxygen atoms in total. The van der Waals surface area contributed by atoms with E-state index in [4.69, 9.17) is 15.4 Å². The average molecular weight is 310 g/mol. The summed E-state index contributed by atoms with van der Waals surface area (Å²) in [5, 5.41) is 22.5. The van der Waals surface area contributed by atoms with E-state index in [1.165, 1.54) is 12.1 Å². The molecule has 10 heteroatoms. The summed E-state index contributed by atoms with van der Waals surface area (Å²) in [5.74, 6) is 0. The molecular weight excluding hydrogens is 296 g/mol. The summed E-state index contributed by atoms with van der Waals surface area (Å²) in [6, 6.07) is 3.38. The molecule has 0 spiro atoms. The van der Waals surface area contributed by atoms with Crippen molar-refractivity contribution in [1.29, 1.82) is 0 Å². The van der Waals surface area contributed by atoms with Gasteiger partial charge >= 0.3 is 0 Å². The van der Waals surface area contributed by atoms with Crippen LogP contribution in [0, 0.1) is 0 Å². The van der Waals surface area contributed by atoms with Crippen molar-refractivity contribution in [3.05, 3.63) is 24.3 Å².